The van der Waals surface area contributed by atoms with Gasteiger partial charge >= 0.3 is 0 Å². The van der Waals surface area contributed by atoms with Crippen LogP contribution in [0.15, 0.2) is 84.4 Å². The maximum atomic E-state index is 13.2. The number of aliphatic hydroxyl groups excluding tert-OH is 1. The first-order chi connectivity index (χ1) is 15.1. The fourth-order valence-corrected chi connectivity index (χ4v) is 3.86. The molecule has 0 aliphatic carbocycles. The van der Waals surface area contributed by atoms with Crippen molar-refractivity contribution in [2.45, 2.75) is 6.04 Å². The minimum atomic E-state index is -0.807. The molecule has 1 N–H and O–H groups in total. The number of anilines is 1. The van der Waals surface area contributed by atoms with Gasteiger partial charge in [0, 0.05) is 5.69 Å². The number of benzene rings is 3. The number of Topliss-reactive ketones (excluding diaryl/α,β-unsaturated/α-hetero) is 1. The topological polar surface area (TPSA) is 76.1 Å². The van der Waals surface area contributed by atoms with Gasteiger partial charge in [0.1, 0.15) is 22.8 Å². The minimum absolute atomic E-state index is 0.0251. The summed E-state index contributed by atoms with van der Waals surface area (Å²) in [7, 11) is 2.92. The highest BCUT2D eigenvalue weighted by Gasteiger charge is 2.47. The Kier molecular flexibility index (Phi) is 5.45. The normalized spacial score (nSPS) is 17.6. The van der Waals surface area contributed by atoms with Crippen molar-refractivity contribution in [2.75, 3.05) is 19.1 Å². The van der Waals surface area contributed by atoms with Crippen molar-refractivity contribution in [3.63, 3.8) is 0 Å². The zero-order valence-electron chi connectivity index (χ0n) is 17.1. The third-order valence-corrected chi connectivity index (χ3v) is 5.26. The highest BCUT2D eigenvalue weighted by Crippen LogP contribution is 2.44. The van der Waals surface area contributed by atoms with Crippen LogP contribution in [-0.2, 0) is 9.59 Å². The molecule has 1 fully saturated rings. The van der Waals surface area contributed by atoms with E-state index in [0.717, 1.165) is 0 Å². The van der Waals surface area contributed by atoms with Crippen LogP contribution in [0.25, 0.3) is 5.76 Å². The fraction of sp³-hybridized carbons (Fsp3) is 0.120. The average Bonchev–Trinajstić information content (AvgIpc) is 3.09. The highest BCUT2D eigenvalue weighted by molar-refractivity contribution is 6.51. The zero-order chi connectivity index (χ0) is 22.0. The molecule has 31 heavy (non-hydrogen) atoms. The van der Waals surface area contributed by atoms with E-state index in [1.54, 1.807) is 42.5 Å². The van der Waals surface area contributed by atoms with Crippen molar-refractivity contribution in [3.05, 3.63) is 95.6 Å². The van der Waals surface area contributed by atoms with Gasteiger partial charge in [-0.1, -0.05) is 54.6 Å². The number of hydrogen-bond donors (Lipinski definition) is 1. The maximum Gasteiger partial charge on any atom is 0.300 e. The number of rotatable bonds is 5. The van der Waals surface area contributed by atoms with Crippen LogP contribution in [0.3, 0.4) is 0 Å². The maximum absolute atomic E-state index is 13.2. The van der Waals surface area contributed by atoms with Crippen LogP contribution in [0.5, 0.6) is 11.5 Å². The van der Waals surface area contributed by atoms with E-state index in [-0.39, 0.29) is 16.9 Å². The number of para-hydroxylation sites is 1. The van der Waals surface area contributed by atoms with E-state index in [4.69, 9.17) is 9.47 Å². The van der Waals surface area contributed by atoms with Crippen LogP contribution in [0.1, 0.15) is 17.2 Å². The first-order valence-corrected chi connectivity index (χ1v) is 9.70. The van der Waals surface area contributed by atoms with E-state index in [1.165, 1.54) is 19.1 Å². The predicted molar refractivity (Wildman–Crippen MR) is 117 cm³/mol. The molecule has 1 aliphatic heterocycles. The SMILES string of the molecule is COc1cccc(OC)c1/C(O)=C1\C(=O)C(=O)N(c2ccccc2)C1c1ccccc1. The number of carbonyl (C=O) groups excluding carboxylic acids is 2. The van der Waals surface area contributed by atoms with E-state index < -0.39 is 17.7 Å². The van der Waals surface area contributed by atoms with Crippen molar-refractivity contribution in [1.29, 1.82) is 0 Å². The van der Waals surface area contributed by atoms with Crippen LogP contribution in [0.2, 0.25) is 0 Å². The Morgan fingerprint density at radius 2 is 1.35 bits per heavy atom. The van der Waals surface area contributed by atoms with Crippen molar-refractivity contribution in [1.82, 2.24) is 0 Å². The Labute approximate surface area is 180 Å². The Morgan fingerprint density at radius 1 is 0.806 bits per heavy atom. The number of hydrogen-bond acceptors (Lipinski definition) is 5. The molecule has 1 unspecified atom stereocenters. The summed E-state index contributed by atoms with van der Waals surface area (Å²) in [6.07, 6.45) is 0. The molecule has 4 rings (SSSR count). The van der Waals surface area contributed by atoms with Gasteiger partial charge in [0.2, 0.25) is 0 Å². The molecule has 156 valence electrons. The number of aliphatic hydroxyl groups is 1. The van der Waals surface area contributed by atoms with Gasteiger partial charge in [-0.15, -0.1) is 0 Å². The van der Waals surface area contributed by atoms with Crippen LogP contribution < -0.4 is 14.4 Å². The van der Waals surface area contributed by atoms with Gasteiger partial charge in [-0.3, -0.25) is 14.5 Å². The molecule has 6 heteroatoms. The summed E-state index contributed by atoms with van der Waals surface area (Å²) in [6, 6.07) is 22.3. The van der Waals surface area contributed by atoms with E-state index in [0.29, 0.717) is 22.7 Å². The molecule has 6 nitrogen and oxygen atoms in total. The fourth-order valence-electron chi connectivity index (χ4n) is 3.86. The van der Waals surface area contributed by atoms with E-state index in [2.05, 4.69) is 0 Å². The van der Waals surface area contributed by atoms with Gasteiger partial charge in [-0.05, 0) is 29.8 Å². The lowest BCUT2D eigenvalue weighted by atomic mass is 9.94. The summed E-state index contributed by atoms with van der Waals surface area (Å²) in [6.45, 7) is 0. The smallest absolute Gasteiger partial charge is 0.300 e. The third kappa shape index (κ3) is 3.42. The molecule has 0 saturated carbocycles. The van der Waals surface area contributed by atoms with Crippen LogP contribution in [-0.4, -0.2) is 31.0 Å². The summed E-state index contributed by atoms with van der Waals surface area (Å²) in [4.78, 5) is 27.7. The second-order valence-corrected chi connectivity index (χ2v) is 6.95. The highest BCUT2D eigenvalue weighted by atomic mass is 16.5. The molecule has 3 aromatic carbocycles. The van der Waals surface area contributed by atoms with Gasteiger partial charge in [0.05, 0.1) is 25.8 Å². The summed E-state index contributed by atoms with van der Waals surface area (Å²) in [5, 5.41) is 11.3. The number of ketones is 1. The van der Waals surface area contributed by atoms with E-state index in [1.807, 2.05) is 36.4 Å². The average molecular weight is 415 g/mol. The molecule has 1 heterocycles. The zero-order valence-corrected chi connectivity index (χ0v) is 17.1. The molecular weight excluding hydrogens is 394 g/mol. The summed E-state index contributed by atoms with van der Waals surface area (Å²) in [5.41, 5.74) is 1.45. The lowest BCUT2D eigenvalue weighted by Crippen LogP contribution is -2.29. The van der Waals surface area contributed by atoms with Crippen LogP contribution in [0, 0.1) is 0 Å². The molecule has 0 bridgehead atoms. The first-order valence-electron chi connectivity index (χ1n) is 9.70. The number of ether oxygens (including phenoxy) is 2. The van der Waals surface area contributed by atoms with Crippen molar-refractivity contribution < 1.29 is 24.2 Å². The Morgan fingerprint density at radius 3 is 1.90 bits per heavy atom. The Bertz CT molecular complexity index is 1130. The van der Waals surface area contributed by atoms with Gasteiger partial charge in [0.15, 0.2) is 0 Å². The van der Waals surface area contributed by atoms with Gasteiger partial charge in [-0.25, -0.2) is 0 Å². The van der Waals surface area contributed by atoms with Gasteiger partial charge in [0.25, 0.3) is 11.7 Å². The molecule has 0 aromatic heterocycles. The van der Waals surface area contributed by atoms with Crippen molar-refractivity contribution in [2.24, 2.45) is 0 Å². The summed E-state index contributed by atoms with van der Waals surface area (Å²) < 4.78 is 10.8. The standard InChI is InChI=1S/C25H21NO5/c1-30-18-14-9-15-19(31-2)20(18)23(27)21-22(16-10-5-3-6-11-16)26(25(29)24(21)28)17-12-7-4-8-13-17/h3-15,22,27H,1-2H3/b23-21+. The summed E-state index contributed by atoms with van der Waals surface area (Å²) >= 11 is 0. The Hall–Kier alpha value is -4.06. The molecular formula is C25H21NO5. The second-order valence-electron chi connectivity index (χ2n) is 6.95. The third-order valence-electron chi connectivity index (χ3n) is 5.26. The quantitative estimate of drug-likeness (QED) is 0.381. The minimum Gasteiger partial charge on any atom is -0.506 e. The largest absolute Gasteiger partial charge is 0.506 e. The second kappa shape index (κ2) is 8.36. The molecule has 0 spiro atoms. The molecule has 3 aromatic rings. The monoisotopic (exact) mass is 415 g/mol. The van der Waals surface area contributed by atoms with E-state index in [9.17, 15) is 14.7 Å². The molecule has 1 atom stereocenters. The molecule has 1 aliphatic rings. The van der Waals surface area contributed by atoms with Crippen LogP contribution in [0.4, 0.5) is 5.69 Å². The van der Waals surface area contributed by atoms with Gasteiger partial charge in [-0.2, -0.15) is 0 Å². The molecule has 0 radical (unpaired) electrons. The van der Waals surface area contributed by atoms with E-state index >= 15 is 0 Å². The number of carbonyl (C=O) groups is 2. The lowest BCUT2D eigenvalue weighted by Gasteiger charge is -2.25. The van der Waals surface area contributed by atoms with Crippen molar-refractivity contribution >= 4 is 23.1 Å². The summed E-state index contributed by atoms with van der Waals surface area (Å²) in [5.74, 6) is -1.18. The first kappa shape index (κ1) is 20.2. The number of amides is 1. The Balaban J connectivity index is 2.00. The van der Waals surface area contributed by atoms with Crippen molar-refractivity contribution in [3.8, 4) is 11.5 Å². The number of methoxy groups -OCH3 is 2. The number of nitrogens with zero attached hydrogens (tertiary/aromatic N) is 1. The molecule has 1 amide bonds. The van der Waals surface area contributed by atoms with Crippen LogP contribution >= 0.6 is 0 Å². The lowest BCUT2D eigenvalue weighted by molar-refractivity contribution is -0.132. The van der Waals surface area contributed by atoms with Gasteiger partial charge < -0.3 is 14.6 Å². The molecule has 1 saturated heterocycles. The predicted octanol–water partition coefficient (Wildman–Crippen LogP) is 4.33.